The monoisotopic (exact) mass is 182 g/mol. The van der Waals surface area contributed by atoms with Crippen molar-refractivity contribution >= 4 is 7.85 Å². The second kappa shape index (κ2) is 4.66. The number of terminal acetylenes is 1. The van der Waals surface area contributed by atoms with E-state index in [1.807, 2.05) is 14.8 Å². The third kappa shape index (κ3) is 2.25. The molecule has 1 unspecified atom stereocenters. The van der Waals surface area contributed by atoms with Crippen LogP contribution in [0.15, 0.2) is 0 Å². The van der Waals surface area contributed by atoms with E-state index in [0.29, 0.717) is 0 Å². The zero-order valence-corrected chi connectivity index (χ0v) is 8.06. The minimum absolute atomic E-state index is 0.0293. The van der Waals surface area contributed by atoms with Crippen LogP contribution in [0, 0.1) is 12.3 Å². The van der Waals surface area contributed by atoms with E-state index < -0.39 is 6.10 Å². The summed E-state index contributed by atoms with van der Waals surface area (Å²) in [5.41, 5.74) is 0. The van der Waals surface area contributed by atoms with Crippen LogP contribution >= 0.6 is 0 Å². The highest BCUT2D eigenvalue weighted by atomic mass is 16.6. The SMILES string of the molecule is B[C@@H]1O[C@H](CC)C(OCC#C)[C@@H]1O. The second-order valence-corrected chi connectivity index (χ2v) is 3.26. The van der Waals surface area contributed by atoms with Gasteiger partial charge in [-0.25, -0.2) is 0 Å². The van der Waals surface area contributed by atoms with E-state index in [2.05, 4.69) is 5.92 Å². The van der Waals surface area contributed by atoms with Crippen molar-refractivity contribution in [2.24, 2.45) is 0 Å². The van der Waals surface area contributed by atoms with Crippen LogP contribution in [0.4, 0.5) is 0 Å². The molecule has 13 heavy (non-hydrogen) atoms. The molecular formula is C9H15BO3. The summed E-state index contributed by atoms with van der Waals surface area (Å²) in [5, 5.41) is 9.67. The molecule has 1 saturated heterocycles. The molecule has 0 aliphatic carbocycles. The van der Waals surface area contributed by atoms with E-state index in [4.69, 9.17) is 15.9 Å². The van der Waals surface area contributed by atoms with Gasteiger partial charge in [-0.1, -0.05) is 12.8 Å². The summed E-state index contributed by atoms with van der Waals surface area (Å²) in [4.78, 5) is 0. The predicted octanol–water partition coefficient (Wildman–Crippen LogP) is -0.866. The zero-order valence-electron chi connectivity index (χ0n) is 8.06. The molecule has 1 rings (SSSR count). The molecule has 1 fully saturated rings. The number of aliphatic hydroxyl groups excluding tert-OH is 1. The Kier molecular flexibility index (Phi) is 3.79. The Morgan fingerprint density at radius 2 is 2.38 bits per heavy atom. The number of hydrogen-bond acceptors (Lipinski definition) is 3. The summed E-state index contributed by atoms with van der Waals surface area (Å²) in [7, 11) is 1.84. The maximum atomic E-state index is 9.67. The van der Waals surface area contributed by atoms with Gasteiger partial charge in [0.2, 0.25) is 0 Å². The lowest BCUT2D eigenvalue weighted by molar-refractivity contribution is -0.0247. The summed E-state index contributed by atoms with van der Waals surface area (Å²) in [6.45, 7) is 2.23. The topological polar surface area (TPSA) is 38.7 Å². The molecule has 1 aliphatic rings. The minimum atomic E-state index is -0.557. The van der Waals surface area contributed by atoms with Gasteiger partial charge < -0.3 is 14.6 Å². The van der Waals surface area contributed by atoms with Gasteiger partial charge in [0.25, 0.3) is 0 Å². The molecule has 0 aromatic rings. The Morgan fingerprint density at radius 1 is 1.69 bits per heavy atom. The lowest BCUT2D eigenvalue weighted by Crippen LogP contribution is -2.35. The average Bonchev–Trinajstić information content (AvgIpc) is 2.40. The first kappa shape index (κ1) is 10.6. The van der Waals surface area contributed by atoms with Crippen LogP contribution < -0.4 is 0 Å². The van der Waals surface area contributed by atoms with E-state index in [1.165, 1.54) is 0 Å². The molecule has 0 amide bonds. The second-order valence-electron chi connectivity index (χ2n) is 3.26. The average molecular weight is 182 g/mol. The number of hydrogen-bond donors (Lipinski definition) is 1. The van der Waals surface area contributed by atoms with E-state index in [-0.39, 0.29) is 24.8 Å². The third-order valence-electron chi connectivity index (χ3n) is 2.33. The molecule has 4 atom stereocenters. The smallest absolute Gasteiger partial charge is 0.142 e. The summed E-state index contributed by atoms with van der Waals surface area (Å²) < 4.78 is 10.8. The first-order valence-corrected chi connectivity index (χ1v) is 4.59. The Morgan fingerprint density at radius 3 is 2.92 bits per heavy atom. The predicted molar refractivity (Wildman–Crippen MR) is 52.1 cm³/mol. The Balaban J connectivity index is 2.53. The maximum absolute atomic E-state index is 9.67. The van der Waals surface area contributed by atoms with Crippen molar-refractivity contribution in [1.82, 2.24) is 0 Å². The molecule has 0 spiro atoms. The van der Waals surface area contributed by atoms with Gasteiger partial charge in [-0.2, -0.15) is 0 Å². The standard InChI is InChI=1S/C9H15BO3/c1-3-5-12-8-6(4-2)13-9(10)7(8)11/h1,6-9,11H,4-5,10H2,2H3/t6-,7+,8?,9-/m1/s1. The van der Waals surface area contributed by atoms with Crippen molar-refractivity contribution < 1.29 is 14.6 Å². The highest BCUT2D eigenvalue weighted by Crippen LogP contribution is 2.24. The van der Waals surface area contributed by atoms with E-state index in [9.17, 15) is 5.11 Å². The Bertz CT molecular complexity index is 202. The number of ether oxygens (including phenoxy) is 2. The Labute approximate surface area is 79.8 Å². The summed E-state index contributed by atoms with van der Waals surface area (Å²) >= 11 is 0. The lowest BCUT2D eigenvalue weighted by Gasteiger charge is -2.18. The van der Waals surface area contributed by atoms with Crippen LogP contribution in [0.1, 0.15) is 13.3 Å². The number of aliphatic hydroxyl groups is 1. The van der Waals surface area contributed by atoms with E-state index >= 15 is 0 Å². The molecule has 0 saturated carbocycles. The van der Waals surface area contributed by atoms with Gasteiger partial charge in [0, 0.05) is 0 Å². The molecule has 72 valence electrons. The van der Waals surface area contributed by atoms with Crippen LogP contribution in [0.25, 0.3) is 0 Å². The molecule has 0 aromatic heterocycles. The number of rotatable bonds is 3. The molecule has 4 heteroatoms. The van der Waals surface area contributed by atoms with Crippen LogP contribution in [0.3, 0.4) is 0 Å². The molecule has 0 bridgehead atoms. The van der Waals surface area contributed by atoms with E-state index in [0.717, 1.165) is 6.42 Å². The van der Waals surface area contributed by atoms with Crippen LogP contribution in [-0.4, -0.2) is 43.9 Å². The molecule has 0 aromatic carbocycles. The molecule has 1 heterocycles. The van der Waals surface area contributed by atoms with Gasteiger partial charge in [0.15, 0.2) is 0 Å². The fourth-order valence-electron chi connectivity index (χ4n) is 1.60. The highest BCUT2D eigenvalue weighted by molar-refractivity contribution is 6.11. The van der Waals surface area contributed by atoms with Gasteiger partial charge in [-0.05, 0) is 6.42 Å². The van der Waals surface area contributed by atoms with Crippen molar-refractivity contribution in [3.63, 3.8) is 0 Å². The molecule has 3 nitrogen and oxygen atoms in total. The maximum Gasteiger partial charge on any atom is 0.142 e. The van der Waals surface area contributed by atoms with Gasteiger partial charge in [-0.3, -0.25) is 0 Å². The first-order chi connectivity index (χ1) is 6.20. The van der Waals surface area contributed by atoms with Crippen molar-refractivity contribution in [3.8, 4) is 12.3 Å². The molecule has 0 radical (unpaired) electrons. The minimum Gasteiger partial charge on any atom is -0.388 e. The van der Waals surface area contributed by atoms with Crippen molar-refractivity contribution in [2.45, 2.75) is 37.7 Å². The zero-order chi connectivity index (χ0) is 9.84. The molecule has 1 aliphatic heterocycles. The quantitative estimate of drug-likeness (QED) is 0.455. The molecular weight excluding hydrogens is 167 g/mol. The van der Waals surface area contributed by atoms with Crippen molar-refractivity contribution in [3.05, 3.63) is 0 Å². The summed E-state index contributed by atoms with van der Waals surface area (Å²) in [6.07, 6.45) is 5.05. The first-order valence-electron chi connectivity index (χ1n) is 4.59. The van der Waals surface area contributed by atoms with Crippen LogP contribution in [-0.2, 0) is 9.47 Å². The fraction of sp³-hybridized carbons (Fsp3) is 0.778. The largest absolute Gasteiger partial charge is 0.388 e. The summed E-state index contributed by atoms with van der Waals surface area (Å²) in [5.74, 6) is 2.39. The van der Waals surface area contributed by atoms with Gasteiger partial charge in [0.1, 0.15) is 26.7 Å². The summed E-state index contributed by atoms with van der Waals surface area (Å²) in [6, 6.07) is -0.160. The van der Waals surface area contributed by atoms with E-state index in [1.54, 1.807) is 0 Å². The van der Waals surface area contributed by atoms with Crippen LogP contribution in [0.5, 0.6) is 0 Å². The Hall–Kier alpha value is -0.495. The van der Waals surface area contributed by atoms with Crippen molar-refractivity contribution in [2.75, 3.05) is 6.61 Å². The normalized spacial score (nSPS) is 38.8. The van der Waals surface area contributed by atoms with Gasteiger partial charge in [-0.15, -0.1) is 6.42 Å². The van der Waals surface area contributed by atoms with Gasteiger partial charge in [0.05, 0.1) is 12.1 Å². The fourth-order valence-corrected chi connectivity index (χ4v) is 1.60. The third-order valence-corrected chi connectivity index (χ3v) is 2.33. The lowest BCUT2D eigenvalue weighted by atomic mass is 9.93. The molecule has 1 N–H and O–H groups in total. The highest BCUT2D eigenvalue weighted by Gasteiger charge is 2.40. The van der Waals surface area contributed by atoms with Crippen LogP contribution in [0.2, 0.25) is 0 Å². The van der Waals surface area contributed by atoms with Gasteiger partial charge >= 0.3 is 0 Å². The van der Waals surface area contributed by atoms with Crippen molar-refractivity contribution in [1.29, 1.82) is 0 Å².